The van der Waals surface area contributed by atoms with Crippen molar-refractivity contribution < 1.29 is 39.0 Å². The van der Waals surface area contributed by atoms with Crippen LogP contribution in [0.2, 0.25) is 0 Å². The summed E-state index contributed by atoms with van der Waals surface area (Å²) in [6.45, 7) is 1.16. The number of carbonyl (C=O) groups is 6. The summed E-state index contributed by atoms with van der Waals surface area (Å²) >= 11 is 0. The molecule has 0 radical (unpaired) electrons. The fraction of sp³-hybridized carbons (Fsp3) is 0.526. The number of carboxylic acid groups (broad SMARTS) is 1. The summed E-state index contributed by atoms with van der Waals surface area (Å²) in [6, 6.07) is -5.89. The quantitative estimate of drug-likeness (QED) is 0.111. The molecule has 0 saturated heterocycles. The van der Waals surface area contributed by atoms with E-state index in [1.807, 2.05) is 0 Å². The lowest BCUT2D eigenvalue weighted by molar-refractivity contribution is -0.143. The summed E-state index contributed by atoms with van der Waals surface area (Å²) < 4.78 is 0. The van der Waals surface area contributed by atoms with E-state index in [0.717, 1.165) is 6.92 Å². The van der Waals surface area contributed by atoms with Gasteiger partial charge in [-0.1, -0.05) is 0 Å². The number of carbonyl (C=O) groups excluding carboxylic acids is 5. The van der Waals surface area contributed by atoms with E-state index < -0.39 is 72.2 Å². The van der Waals surface area contributed by atoms with Gasteiger partial charge in [-0.25, -0.2) is 9.78 Å². The van der Waals surface area contributed by atoms with E-state index in [0.29, 0.717) is 5.69 Å². The van der Waals surface area contributed by atoms with E-state index in [1.54, 1.807) is 0 Å². The Kier molecular flexibility index (Phi) is 11.3. The second kappa shape index (κ2) is 13.6. The number of aliphatic carboxylic acids is 1. The van der Waals surface area contributed by atoms with E-state index in [1.165, 1.54) is 12.5 Å². The number of primary amides is 2. The van der Waals surface area contributed by atoms with Crippen molar-refractivity contribution in [1.82, 2.24) is 25.9 Å². The van der Waals surface area contributed by atoms with Crippen LogP contribution in [-0.2, 0) is 35.2 Å². The third kappa shape index (κ3) is 10.2. The minimum absolute atomic E-state index is 0.127. The molecule has 0 aliphatic heterocycles. The summed E-state index contributed by atoms with van der Waals surface area (Å²) in [6.07, 6.45) is 0.0235. The molecule has 16 heteroatoms. The van der Waals surface area contributed by atoms with Crippen LogP contribution < -0.4 is 33.2 Å². The van der Waals surface area contributed by atoms with Crippen LogP contribution in [0.4, 0.5) is 0 Å². The highest BCUT2D eigenvalue weighted by atomic mass is 16.4. The lowest BCUT2D eigenvalue weighted by atomic mass is 10.1. The number of nitrogens with zero attached hydrogens (tertiary/aromatic N) is 1. The van der Waals surface area contributed by atoms with Crippen LogP contribution >= 0.6 is 0 Å². The number of carboxylic acids is 1. The third-order valence-corrected chi connectivity index (χ3v) is 4.73. The zero-order valence-corrected chi connectivity index (χ0v) is 18.9. The highest BCUT2D eigenvalue weighted by molar-refractivity contribution is 5.96. The predicted octanol–water partition coefficient (Wildman–Crippen LogP) is -4.66. The van der Waals surface area contributed by atoms with Crippen LogP contribution in [0.15, 0.2) is 12.5 Å². The molecule has 0 aliphatic rings. The molecule has 5 amide bonds. The van der Waals surface area contributed by atoms with Gasteiger partial charge in [0.05, 0.1) is 24.9 Å². The molecular weight excluding hydrogens is 468 g/mol. The summed E-state index contributed by atoms with van der Waals surface area (Å²) in [5, 5.41) is 26.0. The molecule has 0 spiro atoms. The van der Waals surface area contributed by atoms with Crippen molar-refractivity contribution in [1.29, 1.82) is 0 Å². The molecule has 5 atom stereocenters. The highest BCUT2D eigenvalue weighted by Crippen LogP contribution is 2.04. The zero-order chi connectivity index (χ0) is 26.7. The first kappa shape index (κ1) is 29.0. The van der Waals surface area contributed by atoms with Gasteiger partial charge in [-0.05, 0) is 13.3 Å². The number of aromatic nitrogens is 2. The van der Waals surface area contributed by atoms with Crippen LogP contribution in [0.25, 0.3) is 0 Å². The Bertz CT molecular complexity index is 920. The van der Waals surface area contributed by atoms with Gasteiger partial charge in [0.2, 0.25) is 29.5 Å². The van der Waals surface area contributed by atoms with Gasteiger partial charge in [-0.15, -0.1) is 0 Å². The standard InChI is InChI=1S/C19H30N8O8/c1-8(28)15(18(33)26-12(19(34)35)4-9-6-23-7-24-9)27-17(32)11(5-14(22)30)25-16(31)10(20)2-3-13(21)29/h6-8,10-12,15,28H,2-5,20H2,1H3,(H2,21,29)(H2,22,30)(H,23,24)(H,25,31)(H,26,33)(H,27,32)(H,34,35). The predicted molar refractivity (Wildman–Crippen MR) is 118 cm³/mol. The zero-order valence-electron chi connectivity index (χ0n) is 18.9. The highest BCUT2D eigenvalue weighted by Gasteiger charge is 2.33. The Labute approximate surface area is 199 Å². The van der Waals surface area contributed by atoms with Crippen molar-refractivity contribution in [2.75, 3.05) is 0 Å². The van der Waals surface area contributed by atoms with Crippen LogP contribution in [0.1, 0.15) is 31.9 Å². The summed E-state index contributed by atoms with van der Waals surface area (Å²) in [5.41, 5.74) is 16.2. The first-order valence-corrected chi connectivity index (χ1v) is 10.4. The Balaban J connectivity index is 2.92. The Morgan fingerprint density at radius 3 is 2.11 bits per heavy atom. The smallest absolute Gasteiger partial charge is 0.326 e. The van der Waals surface area contributed by atoms with E-state index >= 15 is 0 Å². The molecule has 12 N–H and O–H groups in total. The Morgan fingerprint density at radius 1 is 1.00 bits per heavy atom. The first-order valence-electron chi connectivity index (χ1n) is 10.4. The molecule has 0 saturated carbocycles. The number of aliphatic hydroxyl groups is 1. The van der Waals surface area contributed by atoms with Gasteiger partial charge in [0.1, 0.15) is 18.1 Å². The van der Waals surface area contributed by atoms with E-state index in [9.17, 15) is 39.0 Å². The van der Waals surface area contributed by atoms with E-state index in [-0.39, 0.29) is 19.3 Å². The maximum absolute atomic E-state index is 12.7. The lowest BCUT2D eigenvalue weighted by Gasteiger charge is -2.26. The number of rotatable bonds is 15. The molecule has 5 unspecified atom stereocenters. The van der Waals surface area contributed by atoms with Crippen molar-refractivity contribution in [3.05, 3.63) is 18.2 Å². The summed E-state index contributed by atoms with van der Waals surface area (Å²) in [7, 11) is 0. The van der Waals surface area contributed by atoms with Crippen molar-refractivity contribution >= 4 is 35.5 Å². The molecule has 1 aromatic rings. The average molecular weight is 498 g/mol. The molecule has 35 heavy (non-hydrogen) atoms. The average Bonchev–Trinajstić information content (AvgIpc) is 3.26. The fourth-order valence-corrected chi connectivity index (χ4v) is 2.85. The van der Waals surface area contributed by atoms with Gasteiger partial charge < -0.3 is 48.3 Å². The number of aromatic amines is 1. The molecule has 0 aliphatic carbocycles. The first-order chi connectivity index (χ1) is 16.3. The van der Waals surface area contributed by atoms with Crippen LogP contribution in [0.3, 0.4) is 0 Å². The molecule has 16 nitrogen and oxygen atoms in total. The molecule has 1 aromatic heterocycles. The number of H-pyrrole nitrogens is 1. The topological polar surface area (TPSA) is 286 Å². The monoisotopic (exact) mass is 498 g/mol. The van der Waals surface area contributed by atoms with Gasteiger partial charge in [0.15, 0.2) is 0 Å². The number of amides is 5. The largest absolute Gasteiger partial charge is 0.480 e. The molecule has 0 fully saturated rings. The van der Waals surface area contributed by atoms with E-state index in [2.05, 4.69) is 25.9 Å². The van der Waals surface area contributed by atoms with Gasteiger partial charge in [-0.2, -0.15) is 0 Å². The minimum Gasteiger partial charge on any atom is -0.480 e. The molecule has 1 heterocycles. The van der Waals surface area contributed by atoms with Gasteiger partial charge in [-0.3, -0.25) is 24.0 Å². The summed E-state index contributed by atoms with van der Waals surface area (Å²) in [4.78, 5) is 77.9. The van der Waals surface area contributed by atoms with Gasteiger partial charge >= 0.3 is 5.97 Å². The van der Waals surface area contributed by atoms with Crippen LogP contribution in [-0.4, -0.2) is 86.0 Å². The normalized spacial score (nSPS) is 15.1. The lowest BCUT2D eigenvalue weighted by Crippen LogP contribution is -2.60. The second-order valence-corrected chi connectivity index (χ2v) is 7.75. The number of imidazole rings is 1. The van der Waals surface area contributed by atoms with Gasteiger partial charge in [0, 0.05) is 24.7 Å². The van der Waals surface area contributed by atoms with Crippen molar-refractivity contribution in [3.8, 4) is 0 Å². The molecule has 0 aromatic carbocycles. The fourth-order valence-electron chi connectivity index (χ4n) is 2.85. The van der Waals surface area contributed by atoms with Crippen molar-refractivity contribution in [2.24, 2.45) is 17.2 Å². The van der Waals surface area contributed by atoms with Gasteiger partial charge in [0.25, 0.3) is 0 Å². The third-order valence-electron chi connectivity index (χ3n) is 4.73. The maximum Gasteiger partial charge on any atom is 0.326 e. The molecule has 194 valence electrons. The summed E-state index contributed by atoms with van der Waals surface area (Å²) in [5.74, 6) is -6.05. The van der Waals surface area contributed by atoms with Crippen molar-refractivity contribution in [3.63, 3.8) is 0 Å². The number of hydrogen-bond acceptors (Lipinski definition) is 9. The molecule has 0 bridgehead atoms. The number of nitrogens with one attached hydrogen (secondary N) is 4. The SMILES string of the molecule is CC(O)C(NC(=O)C(CC(N)=O)NC(=O)C(N)CCC(N)=O)C(=O)NC(Cc1cnc[nH]1)C(=O)O. The maximum atomic E-state index is 12.7. The Hall–Kier alpha value is -4.05. The van der Waals surface area contributed by atoms with Crippen molar-refractivity contribution in [2.45, 2.75) is 62.9 Å². The number of aliphatic hydroxyl groups excluding tert-OH is 1. The molecule has 1 rings (SSSR count). The van der Waals surface area contributed by atoms with Crippen LogP contribution in [0.5, 0.6) is 0 Å². The number of hydrogen-bond donors (Lipinski definition) is 9. The Morgan fingerprint density at radius 2 is 1.63 bits per heavy atom. The minimum atomic E-state index is -1.65. The van der Waals surface area contributed by atoms with E-state index in [4.69, 9.17) is 17.2 Å². The second-order valence-electron chi connectivity index (χ2n) is 7.75. The van der Waals surface area contributed by atoms with Crippen LogP contribution in [0, 0.1) is 0 Å². The number of nitrogens with two attached hydrogens (primary N) is 3. The molecular formula is C19H30N8O8.